The summed E-state index contributed by atoms with van der Waals surface area (Å²) in [6.07, 6.45) is 3.27. The number of halogens is 1. The molecule has 94 valence electrons. The van der Waals surface area contributed by atoms with Crippen LogP contribution in [0.3, 0.4) is 0 Å². The Morgan fingerprint density at radius 2 is 1.95 bits per heavy atom. The highest BCUT2D eigenvalue weighted by Gasteiger charge is 2.10. The van der Waals surface area contributed by atoms with Gasteiger partial charge in [0.05, 0.1) is 11.3 Å². The lowest BCUT2D eigenvalue weighted by atomic mass is 9.99. The van der Waals surface area contributed by atoms with Gasteiger partial charge in [-0.1, -0.05) is 17.7 Å². The topological polar surface area (TPSA) is 62.7 Å². The van der Waals surface area contributed by atoms with Crippen molar-refractivity contribution in [2.45, 2.75) is 6.92 Å². The second-order valence-electron chi connectivity index (χ2n) is 4.10. The molecule has 0 aliphatic rings. The van der Waals surface area contributed by atoms with Crippen molar-refractivity contribution in [2.75, 3.05) is 0 Å². The van der Waals surface area contributed by atoms with Crippen molar-refractivity contribution in [3.05, 3.63) is 64.4 Å². The molecular formula is C15H12ClN3. The lowest BCUT2D eigenvalue weighted by Crippen LogP contribution is -2.02. The molecule has 0 amide bonds. The van der Waals surface area contributed by atoms with E-state index in [9.17, 15) is 5.26 Å². The Morgan fingerprint density at radius 3 is 2.53 bits per heavy atom. The van der Waals surface area contributed by atoms with Crippen molar-refractivity contribution in [2.24, 2.45) is 5.73 Å². The Balaban J connectivity index is 2.59. The third-order valence-corrected chi connectivity index (χ3v) is 3.06. The molecule has 0 aliphatic heterocycles. The number of aryl methyl sites for hydroxylation is 1. The Morgan fingerprint density at radius 1 is 1.26 bits per heavy atom. The van der Waals surface area contributed by atoms with Crippen LogP contribution in [0.15, 0.2) is 42.7 Å². The molecule has 0 spiro atoms. The zero-order chi connectivity index (χ0) is 13.8. The number of allylic oxidation sites excluding steroid dienone is 1. The molecule has 1 heterocycles. The predicted octanol–water partition coefficient (Wildman–Crippen LogP) is 3.39. The maximum atomic E-state index is 9.32. The minimum atomic E-state index is 0.438. The van der Waals surface area contributed by atoms with E-state index < -0.39 is 0 Å². The number of nitriles is 1. The fraction of sp³-hybridized carbons (Fsp3) is 0.0667. The van der Waals surface area contributed by atoms with E-state index >= 15 is 0 Å². The molecule has 1 aromatic carbocycles. The zero-order valence-electron chi connectivity index (χ0n) is 10.4. The first-order chi connectivity index (χ1) is 9.13. The molecule has 1 aromatic heterocycles. The molecule has 0 aliphatic carbocycles. The van der Waals surface area contributed by atoms with Crippen molar-refractivity contribution in [1.29, 1.82) is 5.26 Å². The molecule has 2 rings (SSSR count). The molecule has 3 nitrogen and oxygen atoms in total. The van der Waals surface area contributed by atoms with Gasteiger partial charge < -0.3 is 5.73 Å². The van der Waals surface area contributed by atoms with Crippen LogP contribution in [0.4, 0.5) is 0 Å². The summed E-state index contributed by atoms with van der Waals surface area (Å²) >= 11 is 5.92. The van der Waals surface area contributed by atoms with Crippen molar-refractivity contribution in [3.8, 4) is 6.07 Å². The van der Waals surface area contributed by atoms with Crippen molar-refractivity contribution < 1.29 is 0 Å². The molecule has 0 radical (unpaired) electrons. The lowest BCUT2D eigenvalue weighted by Gasteiger charge is -2.09. The van der Waals surface area contributed by atoms with E-state index in [1.807, 2.05) is 19.1 Å². The normalized spacial score (nSPS) is 11.6. The molecule has 0 saturated carbocycles. The molecule has 0 bridgehead atoms. The number of rotatable bonds is 2. The highest BCUT2D eigenvalue weighted by Crippen LogP contribution is 2.25. The molecule has 4 heteroatoms. The van der Waals surface area contributed by atoms with Gasteiger partial charge in [0.15, 0.2) is 0 Å². The van der Waals surface area contributed by atoms with Gasteiger partial charge in [0.2, 0.25) is 0 Å². The lowest BCUT2D eigenvalue weighted by molar-refractivity contribution is 1.31. The number of nitrogens with zero attached hydrogens (tertiary/aromatic N) is 2. The number of nitrogens with two attached hydrogens (primary N) is 1. The second-order valence-corrected chi connectivity index (χ2v) is 4.53. The van der Waals surface area contributed by atoms with Crippen LogP contribution in [0.1, 0.15) is 16.7 Å². The highest BCUT2D eigenvalue weighted by molar-refractivity contribution is 6.30. The largest absolute Gasteiger partial charge is 0.397 e. The van der Waals surface area contributed by atoms with Crippen molar-refractivity contribution in [1.82, 2.24) is 4.98 Å². The summed E-state index contributed by atoms with van der Waals surface area (Å²) < 4.78 is 0. The van der Waals surface area contributed by atoms with Gasteiger partial charge in [-0.2, -0.15) is 5.26 Å². The van der Waals surface area contributed by atoms with Crippen LogP contribution in [0.5, 0.6) is 0 Å². The molecule has 0 fully saturated rings. The quantitative estimate of drug-likeness (QED) is 0.850. The van der Waals surface area contributed by atoms with Crippen LogP contribution in [0.2, 0.25) is 5.02 Å². The third kappa shape index (κ3) is 2.75. The average Bonchev–Trinajstić information content (AvgIpc) is 2.40. The molecule has 2 aromatic rings. The number of aromatic nitrogens is 1. The third-order valence-electron chi connectivity index (χ3n) is 2.83. The average molecular weight is 270 g/mol. The summed E-state index contributed by atoms with van der Waals surface area (Å²) in [6, 6.07) is 11.1. The predicted molar refractivity (Wildman–Crippen MR) is 77.0 cm³/mol. The van der Waals surface area contributed by atoms with E-state index in [1.165, 1.54) is 0 Å². The highest BCUT2D eigenvalue weighted by atomic mass is 35.5. The Labute approximate surface area is 117 Å². The minimum Gasteiger partial charge on any atom is -0.397 e. The van der Waals surface area contributed by atoms with Crippen molar-refractivity contribution in [3.63, 3.8) is 0 Å². The molecule has 2 N–H and O–H groups in total. The van der Waals surface area contributed by atoms with Crippen LogP contribution < -0.4 is 5.73 Å². The first-order valence-electron chi connectivity index (χ1n) is 5.70. The van der Waals surface area contributed by atoms with Gasteiger partial charge in [-0.15, -0.1) is 0 Å². The van der Waals surface area contributed by atoms with Crippen LogP contribution in [-0.2, 0) is 0 Å². The maximum absolute atomic E-state index is 9.32. The zero-order valence-corrected chi connectivity index (χ0v) is 11.1. The van der Waals surface area contributed by atoms with Crippen LogP contribution in [-0.4, -0.2) is 4.98 Å². The summed E-state index contributed by atoms with van der Waals surface area (Å²) in [5.74, 6) is 0. The van der Waals surface area contributed by atoms with Gasteiger partial charge in [-0.05, 0) is 42.3 Å². The van der Waals surface area contributed by atoms with Gasteiger partial charge in [0.25, 0.3) is 0 Å². The summed E-state index contributed by atoms with van der Waals surface area (Å²) in [5, 5.41) is 9.97. The Hall–Kier alpha value is -2.31. The van der Waals surface area contributed by atoms with E-state index in [0.29, 0.717) is 16.3 Å². The van der Waals surface area contributed by atoms with E-state index in [0.717, 1.165) is 16.7 Å². The van der Waals surface area contributed by atoms with E-state index in [2.05, 4.69) is 11.1 Å². The SMILES string of the molecule is Cc1cc(Cl)ccc1/C(N)=C(/C#N)c1ccncc1. The van der Waals surface area contributed by atoms with E-state index in [4.69, 9.17) is 17.3 Å². The monoisotopic (exact) mass is 269 g/mol. The summed E-state index contributed by atoms with van der Waals surface area (Å²) in [4.78, 5) is 3.93. The second kappa shape index (κ2) is 5.55. The van der Waals surface area contributed by atoms with E-state index in [1.54, 1.807) is 30.6 Å². The maximum Gasteiger partial charge on any atom is 0.102 e. The molecule has 0 unspecified atom stereocenters. The fourth-order valence-corrected chi connectivity index (χ4v) is 2.09. The summed E-state index contributed by atoms with van der Waals surface area (Å²) in [6.45, 7) is 1.91. The Kier molecular flexibility index (Phi) is 3.84. The standard InChI is InChI=1S/C15H12ClN3/c1-10-8-12(16)2-3-13(10)15(18)14(9-17)11-4-6-19-7-5-11/h2-8H,18H2,1H3/b15-14+. The van der Waals surface area contributed by atoms with Gasteiger partial charge in [0, 0.05) is 23.0 Å². The summed E-state index contributed by atoms with van der Waals surface area (Å²) in [5.41, 5.74) is 9.52. The first kappa shape index (κ1) is 13.1. The molecule has 19 heavy (non-hydrogen) atoms. The number of hydrogen-bond donors (Lipinski definition) is 1. The smallest absolute Gasteiger partial charge is 0.102 e. The van der Waals surface area contributed by atoms with E-state index in [-0.39, 0.29) is 0 Å². The van der Waals surface area contributed by atoms with Gasteiger partial charge in [-0.3, -0.25) is 4.98 Å². The van der Waals surface area contributed by atoms with Crippen LogP contribution in [0.25, 0.3) is 11.3 Å². The van der Waals surface area contributed by atoms with Crippen LogP contribution >= 0.6 is 11.6 Å². The molecular weight excluding hydrogens is 258 g/mol. The molecule has 0 atom stereocenters. The first-order valence-corrected chi connectivity index (χ1v) is 6.08. The molecule has 0 saturated heterocycles. The fourth-order valence-electron chi connectivity index (χ4n) is 1.86. The minimum absolute atomic E-state index is 0.438. The van der Waals surface area contributed by atoms with Gasteiger partial charge in [-0.25, -0.2) is 0 Å². The van der Waals surface area contributed by atoms with Gasteiger partial charge >= 0.3 is 0 Å². The number of pyridine rings is 1. The Bertz CT molecular complexity index is 670. The number of benzene rings is 1. The summed E-state index contributed by atoms with van der Waals surface area (Å²) in [7, 11) is 0. The number of hydrogen-bond acceptors (Lipinski definition) is 3. The van der Waals surface area contributed by atoms with Gasteiger partial charge in [0.1, 0.15) is 6.07 Å². The van der Waals surface area contributed by atoms with Crippen LogP contribution in [0, 0.1) is 18.3 Å². The van der Waals surface area contributed by atoms with Crippen molar-refractivity contribution >= 4 is 22.9 Å².